The van der Waals surface area contributed by atoms with Crippen molar-refractivity contribution in [2.24, 2.45) is 0 Å². The number of carbonyl (C=O) groups is 1. The lowest BCUT2D eigenvalue weighted by Crippen LogP contribution is -2.39. The van der Waals surface area contributed by atoms with E-state index < -0.39 is 10.0 Å². The summed E-state index contributed by atoms with van der Waals surface area (Å²) in [4.78, 5) is 14.2. The summed E-state index contributed by atoms with van der Waals surface area (Å²) in [6.07, 6.45) is 1.86. The third-order valence-electron chi connectivity index (χ3n) is 3.73. The highest BCUT2D eigenvalue weighted by Crippen LogP contribution is 2.17. The van der Waals surface area contributed by atoms with Crippen molar-refractivity contribution < 1.29 is 13.2 Å². The van der Waals surface area contributed by atoms with Gasteiger partial charge in [0.05, 0.1) is 10.5 Å². The second kappa shape index (κ2) is 9.76. The number of hydrogen-bond donors (Lipinski definition) is 2. The number of benzene rings is 1. The Hall–Kier alpha value is -1.44. The molecule has 7 heteroatoms. The monoisotopic (exact) mass is 355 g/mol. The number of rotatable bonds is 10. The third kappa shape index (κ3) is 5.89. The normalized spacial score (nSPS) is 12.8. The van der Waals surface area contributed by atoms with E-state index in [0.717, 1.165) is 19.4 Å². The number of carbonyl (C=O) groups excluding carboxylic acids is 1. The average molecular weight is 356 g/mol. The number of likely N-dealkylation sites (N-methyl/N-ethyl adjacent to an activating group) is 1. The molecule has 0 heterocycles. The molecule has 1 aromatic carbocycles. The van der Waals surface area contributed by atoms with E-state index in [1.165, 1.54) is 6.07 Å². The van der Waals surface area contributed by atoms with E-state index in [1.807, 2.05) is 20.8 Å². The van der Waals surface area contributed by atoms with Crippen LogP contribution < -0.4 is 10.0 Å². The predicted molar refractivity (Wildman–Crippen MR) is 96.6 cm³/mol. The van der Waals surface area contributed by atoms with E-state index in [0.29, 0.717) is 6.54 Å². The van der Waals surface area contributed by atoms with Crippen molar-refractivity contribution in [2.45, 2.75) is 44.6 Å². The van der Waals surface area contributed by atoms with Gasteiger partial charge < -0.3 is 10.2 Å². The fourth-order valence-corrected chi connectivity index (χ4v) is 3.64. The van der Waals surface area contributed by atoms with Crippen LogP contribution in [0, 0.1) is 0 Å². The van der Waals surface area contributed by atoms with Crippen LogP contribution in [0.1, 0.15) is 44.0 Å². The van der Waals surface area contributed by atoms with Crippen molar-refractivity contribution in [1.82, 2.24) is 14.9 Å². The smallest absolute Gasteiger partial charge is 0.254 e. The van der Waals surface area contributed by atoms with Crippen LogP contribution in [0.15, 0.2) is 29.2 Å². The first-order valence-electron chi connectivity index (χ1n) is 8.41. The first kappa shape index (κ1) is 20.6. The van der Waals surface area contributed by atoms with E-state index in [9.17, 15) is 13.2 Å². The Balaban J connectivity index is 2.97. The fraction of sp³-hybridized carbons (Fsp3) is 0.588. The highest BCUT2D eigenvalue weighted by Gasteiger charge is 2.24. The summed E-state index contributed by atoms with van der Waals surface area (Å²) < 4.78 is 27.8. The summed E-state index contributed by atoms with van der Waals surface area (Å²) in [6.45, 7) is 7.55. The lowest BCUT2D eigenvalue weighted by Gasteiger charge is -2.19. The number of nitrogens with one attached hydrogen (secondary N) is 2. The Morgan fingerprint density at radius 2 is 1.92 bits per heavy atom. The Labute approximate surface area is 145 Å². The molecule has 0 saturated heterocycles. The summed E-state index contributed by atoms with van der Waals surface area (Å²) in [5, 5.41) is 3.15. The maximum absolute atomic E-state index is 12.6. The molecule has 0 unspecified atom stereocenters. The van der Waals surface area contributed by atoms with Crippen molar-refractivity contribution >= 4 is 15.9 Å². The molecule has 0 saturated carbocycles. The van der Waals surface area contributed by atoms with Gasteiger partial charge in [-0.15, -0.1) is 0 Å². The molecule has 0 fully saturated rings. The molecule has 6 nitrogen and oxygen atoms in total. The molecule has 24 heavy (non-hydrogen) atoms. The van der Waals surface area contributed by atoms with Gasteiger partial charge in [0.15, 0.2) is 0 Å². The molecule has 1 aromatic rings. The minimum absolute atomic E-state index is 0.0138. The summed E-state index contributed by atoms with van der Waals surface area (Å²) >= 11 is 0. The number of nitrogens with zero attached hydrogens (tertiary/aromatic N) is 1. The van der Waals surface area contributed by atoms with E-state index >= 15 is 0 Å². The molecule has 0 aliphatic carbocycles. The van der Waals surface area contributed by atoms with E-state index in [-0.39, 0.29) is 29.0 Å². The van der Waals surface area contributed by atoms with Gasteiger partial charge in [0.25, 0.3) is 5.91 Å². The van der Waals surface area contributed by atoms with Gasteiger partial charge in [-0.05, 0) is 32.0 Å². The topological polar surface area (TPSA) is 78.5 Å². The van der Waals surface area contributed by atoms with E-state index in [1.54, 1.807) is 30.1 Å². The van der Waals surface area contributed by atoms with Crippen LogP contribution in [0.5, 0.6) is 0 Å². The molecule has 0 aromatic heterocycles. The summed E-state index contributed by atoms with van der Waals surface area (Å²) in [5.74, 6) is -0.274. The van der Waals surface area contributed by atoms with Crippen LogP contribution in [-0.2, 0) is 10.0 Å². The molecule has 1 atom stereocenters. The number of amides is 1. The van der Waals surface area contributed by atoms with Crippen LogP contribution in [0.25, 0.3) is 0 Å². The molecule has 0 aliphatic heterocycles. The van der Waals surface area contributed by atoms with Gasteiger partial charge in [-0.3, -0.25) is 4.79 Å². The molecule has 0 bridgehead atoms. The van der Waals surface area contributed by atoms with Gasteiger partial charge in [0, 0.05) is 26.2 Å². The maximum Gasteiger partial charge on any atom is 0.254 e. The number of hydrogen-bond acceptors (Lipinski definition) is 4. The summed E-state index contributed by atoms with van der Waals surface area (Å²) in [6, 6.07) is 6.36. The van der Waals surface area contributed by atoms with E-state index in [4.69, 9.17) is 0 Å². The van der Waals surface area contributed by atoms with Gasteiger partial charge >= 0.3 is 0 Å². The Bertz CT molecular complexity index is 632. The first-order chi connectivity index (χ1) is 11.3. The molecule has 1 rings (SSSR count). The van der Waals surface area contributed by atoms with Crippen molar-refractivity contribution in [3.8, 4) is 0 Å². The zero-order valence-electron chi connectivity index (χ0n) is 15.0. The van der Waals surface area contributed by atoms with Crippen molar-refractivity contribution in [2.75, 3.05) is 26.7 Å². The van der Waals surface area contributed by atoms with Crippen molar-refractivity contribution in [3.63, 3.8) is 0 Å². The van der Waals surface area contributed by atoms with Gasteiger partial charge in [-0.2, -0.15) is 0 Å². The second-order valence-corrected chi connectivity index (χ2v) is 7.62. The highest BCUT2D eigenvalue weighted by molar-refractivity contribution is 7.89. The SMILES string of the molecule is CCCCN(C)C(=O)c1ccccc1S(=O)(=O)NC[C@@H](C)NCC. The molecule has 1 amide bonds. The highest BCUT2D eigenvalue weighted by atomic mass is 32.2. The molecule has 136 valence electrons. The lowest BCUT2D eigenvalue weighted by atomic mass is 10.2. The Kier molecular flexibility index (Phi) is 8.38. The summed E-state index contributed by atoms with van der Waals surface area (Å²) in [7, 11) is -2.04. The predicted octanol–water partition coefficient (Wildman–Crippen LogP) is 1.83. The minimum atomic E-state index is -3.74. The Morgan fingerprint density at radius 3 is 2.54 bits per heavy atom. The van der Waals surface area contributed by atoms with Crippen LogP contribution in [0.3, 0.4) is 0 Å². The molecular formula is C17H29N3O3S. The van der Waals surface area contributed by atoms with Crippen molar-refractivity contribution in [1.29, 1.82) is 0 Å². The van der Waals surface area contributed by atoms with Crippen LogP contribution in [-0.4, -0.2) is 51.9 Å². The standard InChI is InChI=1S/C17H29N3O3S/c1-5-7-12-20(4)17(21)15-10-8-9-11-16(15)24(22,23)19-13-14(3)18-6-2/h8-11,14,18-19H,5-7,12-13H2,1-4H3/t14-/m1/s1. The van der Waals surface area contributed by atoms with Crippen LogP contribution in [0.4, 0.5) is 0 Å². The third-order valence-corrected chi connectivity index (χ3v) is 5.21. The molecule has 2 N–H and O–H groups in total. The largest absolute Gasteiger partial charge is 0.342 e. The van der Waals surface area contributed by atoms with E-state index in [2.05, 4.69) is 10.0 Å². The second-order valence-electron chi connectivity index (χ2n) is 5.89. The van der Waals surface area contributed by atoms with Gasteiger partial charge in [0.1, 0.15) is 0 Å². The molecule has 0 spiro atoms. The Morgan fingerprint density at radius 1 is 1.25 bits per heavy atom. The zero-order valence-corrected chi connectivity index (χ0v) is 15.8. The van der Waals surface area contributed by atoms with Gasteiger partial charge in [-0.1, -0.05) is 32.4 Å². The fourth-order valence-electron chi connectivity index (χ4n) is 2.31. The average Bonchev–Trinajstić information content (AvgIpc) is 2.57. The minimum Gasteiger partial charge on any atom is -0.342 e. The van der Waals surface area contributed by atoms with Gasteiger partial charge in [-0.25, -0.2) is 13.1 Å². The maximum atomic E-state index is 12.6. The lowest BCUT2D eigenvalue weighted by molar-refractivity contribution is 0.0789. The zero-order chi connectivity index (χ0) is 18.2. The van der Waals surface area contributed by atoms with Crippen LogP contribution in [0.2, 0.25) is 0 Å². The molecule has 0 radical (unpaired) electrons. The molecular weight excluding hydrogens is 326 g/mol. The van der Waals surface area contributed by atoms with Gasteiger partial charge in [0.2, 0.25) is 10.0 Å². The first-order valence-corrected chi connectivity index (χ1v) is 9.89. The molecule has 0 aliphatic rings. The van der Waals surface area contributed by atoms with Crippen LogP contribution >= 0.6 is 0 Å². The number of unbranched alkanes of at least 4 members (excludes halogenated alkanes) is 1. The summed E-state index contributed by atoms with van der Waals surface area (Å²) in [5.41, 5.74) is 0.208. The quantitative estimate of drug-likeness (QED) is 0.671. The van der Waals surface area contributed by atoms with Crippen molar-refractivity contribution in [3.05, 3.63) is 29.8 Å². The number of sulfonamides is 1.